The van der Waals surface area contributed by atoms with E-state index in [-0.39, 0.29) is 18.1 Å². The lowest BCUT2D eigenvalue weighted by atomic mass is 10.2. The number of β-amino-alcohol motifs (C(OH)–C–C–N with tert-alkyl or cyclic N) is 1. The summed E-state index contributed by atoms with van der Waals surface area (Å²) in [5.74, 6) is 0.182. The molecule has 2 atom stereocenters. The molecule has 1 aliphatic heterocycles. The topological polar surface area (TPSA) is 52.6 Å². The van der Waals surface area contributed by atoms with Crippen LogP contribution in [0.3, 0.4) is 0 Å². The minimum absolute atomic E-state index is 0.0151. The van der Waals surface area contributed by atoms with Gasteiger partial charge in [-0.05, 0) is 25.7 Å². The maximum atomic E-state index is 12.0. The van der Waals surface area contributed by atoms with Gasteiger partial charge in [0.2, 0.25) is 5.91 Å². The normalized spacial score (nSPS) is 27.5. The zero-order valence-corrected chi connectivity index (χ0v) is 9.98. The quantitative estimate of drug-likeness (QED) is 0.693. The van der Waals surface area contributed by atoms with Crippen molar-refractivity contribution in [2.75, 3.05) is 13.1 Å². The predicted molar refractivity (Wildman–Crippen MR) is 62.1 cm³/mol. The molecule has 1 saturated carbocycles. The van der Waals surface area contributed by atoms with E-state index in [2.05, 4.69) is 5.32 Å². The Morgan fingerprint density at radius 3 is 2.88 bits per heavy atom. The highest BCUT2D eigenvalue weighted by molar-refractivity contribution is 5.84. The average molecular weight is 226 g/mol. The molecule has 0 aromatic rings. The number of amides is 1. The van der Waals surface area contributed by atoms with E-state index in [1.807, 2.05) is 6.92 Å². The Balaban J connectivity index is 1.76. The molecule has 1 amide bonds. The molecule has 4 heteroatoms. The first-order chi connectivity index (χ1) is 7.70. The van der Waals surface area contributed by atoms with Crippen molar-refractivity contribution in [2.45, 2.75) is 57.2 Å². The van der Waals surface area contributed by atoms with Crippen LogP contribution in [-0.4, -0.2) is 47.2 Å². The fourth-order valence-electron chi connectivity index (χ4n) is 2.29. The van der Waals surface area contributed by atoms with E-state index in [0.29, 0.717) is 12.6 Å². The van der Waals surface area contributed by atoms with Crippen LogP contribution in [0, 0.1) is 0 Å². The Hall–Kier alpha value is -0.610. The van der Waals surface area contributed by atoms with Gasteiger partial charge in [-0.15, -0.1) is 0 Å². The molecule has 0 bridgehead atoms. The fourth-order valence-corrected chi connectivity index (χ4v) is 2.29. The molecule has 2 aliphatic rings. The number of hydrogen-bond acceptors (Lipinski definition) is 3. The number of carbonyl (C=O) groups excluding carboxylic acids is 1. The van der Waals surface area contributed by atoms with Crippen LogP contribution in [0.2, 0.25) is 0 Å². The highest BCUT2D eigenvalue weighted by atomic mass is 16.3. The van der Waals surface area contributed by atoms with Crippen molar-refractivity contribution in [1.29, 1.82) is 0 Å². The van der Waals surface area contributed by atoms with Crippen LogP contribution in [0.15, 0.2) is 0 Å². The highest BCUT2D eigenvalue weighted by Crippen LogP contribution is 2.22. The van der Waals surface area contributed by atoms with Crippen molar-refractivity contribution in [3.05, 3.63) is 0 Å². The maximum Gasteiger partial charge on any atom is 0.239 e. The summed E-state index contributed by atoms with van der Waals surface area (Å²) in [7, 11) is 0. The molecular weight excluding hydrogens is 204 g/mol. The summed E-state index contributed by atoms with van der Waals surface area (Å²) >= 11 is 0. The van der Waals surface area contributed by atoms with E-state index >= 15 is 0 Å². The van der Waals surface area contributed by atoms with Crippen LogP contribution in [0.4, 0.5) is 0 Å². The van der Waals surface area contributed by atoms with Crippen LogP contribution >= 0.6 is 0 Å². The number of nitrogens with zero attached hydrogens (tertiary/aromatic N) is 1. The number of aliphatic hydroxyl groups excluding tert-OH is 1. The van der Waals surface area contributed by atoms with Gasteiger partial charge in [0.1, 0.15) is 0 Å². The first-order valence-corrected chi connectivity index (χ1v) is 6.43. The number of rotatable bonds is 6. The van der Waals surface area contributed by atoms with Crippen molar-refractivity contribution in [3.63, 3.8) is 0 Å². The van der Waals surface area contributed by atoms with Crippen molar-refractivity contribution in [3.8, 4) is 0 Å². The second kappa shape index (κ2) is 5.15. The maximum absolute atomic E-state index is 12.0. The van der Waals surface area contributed by atoms with E-state index in [4.69, 9.17) is 0 Å². The summed E-state index contributed by atoms with van der Waals surface area (Å²) in [6.07, 6.45) is 4.71. The summed E-state index contributed by atoms with van der Waals surface area (Å²) < 4.78 is 0. The average Bonchev–Trinajstić information content (AvgIpc) is 2.99. The lowest BCUT2D eigenvalue weighted by Crippen LogP contribution is -2.41. The van der Waals surface area contributed by atoms with E-state index in [1.165, 1.54) is 12.8 Å². The first-order valence-electron chi connectivity index (χ1n) is 6.43. The van der Waals surface area contributed by atoms with Crippen molar-refractivity contribution in [2.24, 2.45) is 0 Å². The lowest BCUT2D eigenvalue weighted by molar-refractivity contribution is -0.130. The van der Waals surface area contributed by atoms with Gasteiger partial charge in [0.25, 0.3) is 0 Å². The van der Waals surface area contributed by atoms with Gasteiger partial charge in [0, 0.05) is 19.1 Å². The highest BCUT2D eigenvalue weighted by Gasteiger charge is 2.35. The van der Waals surface area contributed by atoms with Gasteiger partial charge in [-0.3, -0.25) is 4.79 Å². The van der Waals surface area contributed by atoms with Crippen molar-refractivity contribution in [1.82, 2.24) is 10.2 Å². The van der Waals surface area contributed by atoms with Crippen LogP contribution < -0.4 is 5.32 Å². The van der Waals surface area contributed by atoms with Crippen molar-refractivity contribution < 1.29 is 9.90 Å². The molecule has 1 aliphatic carbocycles. The van der Waals surface area contributed by atoms with Gasteiger partial charge in [-0.2, -0.15) is 0 Å². The molecule has 4 nitrogen and oxygen atoms in total. The third-order valence-corrected chi connectivity index (χ3v) is 3.36. The largest absolute Gasteiger partial charge is 0.391 e. The van der Waals surface area contributed by atoms with Crippen LogP contribution in [0.25, 0.3) is 0 Å². The second-order valence-electron chi connectivity index (χ2n) is 5.01. The Morgan fingerprint density at radius 1 is 1.50 bits per heavy atom. The monoisotopic (exact) mass is 226 g/mol. The summed E-state index contributed by atoms with van der Waals surface area (Å²) in [4.78, 5) is 13.8. The molecule has 2 unspecified atom stereocenters. The first kappa shape index (κ1) is 11.9. The van der Waals surface area contributed by atoms with Gasteiger partial charge in [-0.25, -0.2) is 0 Å². The number of hydrogen-bond donors (Lipinski definition) is 2. The van der Waals surface area contributed by atoms with E-state index in [0.717, 1.165) is 25.8 Å². The molecule has 1 saturated heterocycles. The smallest absolute Gasteiger partial charge is 0.239 e. The van der Waals surface area contributed by atoms with E-state index < -0.39 is 0 Å². The third kappa shape index (κ3) is 2.95. The van der Waals surface area contributed by atoms with E-state index in [9.17, 15) is 9.90 Å². The van der Waals surface area contributed by atoms with Gasteiger partial charge in [0.15, 0.2) is 0 Å². The SMILES string of the molecule is CCCC(O)CN1CCC(NC2CC2)C1=O. The summed E-state index contributed by atoms with van der Waals surface area (Å²) in [6.45, 7) is 3.35. The summed E-state index contributed by atoms with van der Waals surface area (Å²) in [5, 5.41) is 13.1. The lowest BCUT2D eigenvalue weighted by Gasteiger charge is -2.20. The minimum atomic E-state index is -0.353. The van der Waals surface area contributed by atoms with Gasteiger partial charge in [0.05, 0.1) is 12.1 Å². The van der Waals surface area contributed by atoms with E-state index in [1.54, 1.807) is 4.90 Å². The Morgan fingerprint density at radius 2 is 2.25 bits per heavy atom. The molecule has 1 heterocycles. The van der Waals surface area contributed by atoms with Crippen LogP contribution in [0.5, 0.6) is 0 Å². The van der Waals surface area contributed by atoms with Crippen LogP contribution in [0.1, 0.15) is 39.0 Å². The predicted octanol–water partition coefficient (Wildman–Crippen LogP) is 0.500. The van der Waals surface area contributed by atoms with Crippen LogP contribution in [-0.2, 0) is 4.79 Å². The molecular formula is C12H22N2O2. The fraction of sp³-hybridized carbons (Fsp3) is 0.917. The zero-order valence-electron chi connectivity index (χ0n) is 9.98. The molecule has 2 N–H and O–H groups in total. The van der Waals surface area contributed by atoms with Gasteiger partial charge >= 0.3 is 0 Å². The molecule has 0 aromatic heterocycles. The Kier molecular flexibility index (Phi) is 3.82. The molecule has 0 aromatic carbocycles. The summed E-state index contributed by atoms with van der Waals surface area (Å²) in [6, 6.07) is 0.593. The third-order valence-electron chi connectivity index (χ3n) is 3.36. The number of carbonyl (C=O) groups is 1. The molecule has 0 spiro atoms. The number of likely N-dealkylation sites (tertiary alicyclic amines) is 1. The molecule has 0 radical (unpaired) electrons. The van der Waals surface area contributed by atoms with Crippen molar-refractivity contribution >= 4 is 5.91 Å². The zero-order chi connectivity index (χ0) is 11.5. The molecule has 2 fully saturated rings. The minimum Gasteiger partial charge on any atom is -0.391 e. The number of nitrogens with one attached hydrogen (secondary N) is 1. The molecule has 2 rings (SSSR count). The molecule has 16 heavy (non-hydrogen) atoms. The number of aliphatic hydroxyl groups is 1. The molecule has 92 valence electrons. The van der Waals surface area contributed by atoms with Gasteiger partial charge in [-0.1, -0.05) is 13.3 Å². The van der Waals surface area contributed by atoms with Gasteiger partial charge < -0.3 is 15.3 Å². The Labute approximate surface area is 97.0 Å². The second-order valence-corrected chi connectivity index (χ2v) is 5.01. The summed E-state index contributed by atoms with van der Waals surface area (Å²) in [5.41, 5.74) is 0. The standard InChI is InChI=1S/C12H22N2O2/c1-2-3-10(15)8-14-7-6-11(12(14)16)13-9-4-5-9/h9-11,13,15H,2-8H2,1H3. The Bertz CT molecular complexity index is 253.